The first-order chi connectivity index (χ1) is 14.8. The molecule has 0 bridgehead atoms. The number of ether oxygens (including phenoxy) is 1. The van der Waals surface area contributed by atoms with Crippen LogP contribution in [0.1, 0.15) is 18.9 Å². The normalized spacial score (nSPS) is 11.6. The second kappa shape index (κ2) is 9.84. The number of hydrogen-bond acceptors (Lipinski definition) is 6. The lowest BCUT2D eigenvalue weighted by molar-refractivity contribution is -0.111. The molecule has 0 unspecified atom stereocenters. The smallest absolute Gasteiger partial charge is 0.250 e. The van der Waals surface area contributed by atoms with Crippen LogP contribution in [0.4, 0.5) is 9.52 Å². The molecule has 0 saturated carbocycles. The van der Waals surface area contributed by atoms with E-state index in [2.05, 4.69) is 10.3 Å². The van der Waals surface area contributed by atoms with Gasteiger partial charge in [0, 0.05) is 17.0 Å². The van der Waals surface area contributed by atoms with Gasteiger partial charge in [0.05, 0.1) is 23.5 Å². The van der Waals surface area contributed by atoms with Crippen LogP contribution in [0.15, 0.2) is 58.8 Å². The number of halogens is 1. The van der Waals surface area contributed by atoms with Crippen molar-refractivity contribution in [2.24, 2.45) is 0 Å². The van der Waals surface area contributed by atoms with Crippen molar-refractivity contribution in [1.82, 2.24) is 4.98 Å². The monoisotopic (exact) mass is 460 g/mol. The van der Waals surface area contributed by atoms with Gasteiger partial charge in [-0.25, -0.2) is 17.8 Å². The van der Waals surface area contributed by atoms with Gasteiger partial charge in [-0.2, -0.15) is 0 Å². The quantitative estimate of drug-likeness (QED) is 0.489. The Morgan fingerprint density at radius 2 is 1.97 bits per heavy atom. The maximum atomic E-state index is 13.9. The Kier molecular flexibility index (Phi) is 7.19. The molecule has 9 heteroatoms. The van der Waals surface area contributed by atoms with Crippen molar-refractivity contribution >= 4 is 38.3 Å². The highest BCUT2D eigenvalue weighted by Crippen LogP contribution is 2.28. The molecule has 0 saturated heterocycles. The summed E-state index contributed by atoms with van der Waals surface area (Å²) in [4.78, 5) is 16.7. The average molecular weight is 461 g/mol. The van der Waals surface area contributed by atoms with Crippen LogP contribution in [0.25, 0.3) is 17.3 Å². The summed E-state index contributed by atoms with van der Waals surface area (Å²) in [5, 5.41) is 4.75. The molecule has 2 aromatic carbocycles. The van der Waals surface area contributed by atoms with Crippen molar-refractivity contribution in [3.63, 3.8) is 0 Å². The molecule has 0 spiro atoms. The molecule has 0 aliphatic rings. The minimum absolute atomic E-state index is 0.101. The molecule has 1 amide bonds. The van der Waals surface area contributed by atoms with Gasteiger partial charge in [-0.3, -0.25) is 10.1 Å². The fourth-order valence-corrected chi connectivity index (χ4v) is 4.83. The van der Waals surface area contributed by atoms with E-state index in [1.807, 2.05) is 6.92 Å². The van der Waals surface area contributed by atoms with Crippen molar-refractivity contribution in [1.29, 1.82) is 0 Å². The number of hydrogen-bond donors (Lipinski definition) is 1. The number of rotatable bonds is 8. The number of carbonyl (C=O) groups is 1. The molecule has 6 nitrogen and oxygen atoms in total. The number of carbonyl (C=O) groups excluding carboxylic acids is 1. The molecule has 0 aliphatic carbocycles. The van der Waals surface area contributed by atoms with Crippen molar-refractivity contribution in [3.8, 4) is 17.0 Å². The summed E-state index contributed by atoms with van der Waals surface area (Å²) in [6.45, 7) is 1.81. The molecule has 1 N–H and O–H groups in total. The summed E-state index contributed by atoms with van der Waals surface area (Å²) in [6.07, 6.45) is 3.47. The summed E-state index contributed by atoms with van der Waals surface area (Å²) >= 11 is 1.22. The van der Waals surface area contributed by atoms with Crippen LogP contribution >= 0.6 is 11.3 Å². The molecule has 31 heavy (non-hydrogen) atoms. The van der Waals surface area contributed by atoms with Crippen molar-refractivity contribution < 1.29 is 22.3 Å². The molecule has 1 aromatic heterocycles. The van der Waals surface area contributed by atoms with Gasteiger partial charge in [-0.05, 0) is 48.4 Å². The van der Waals surface area contributed by atoms with Gasteiger partial charge in [-0.15, -0.1) is 11.3 Å². The topological polar surface area (TPSA) is 85.4 Å². The van der Waals surface area contributed by atoms with Crippen molar-refractivity contribution in [2.75, 3.05) is 18.2 Å². The summed E-state index contributed by atoms with van der Waals surface area (Å²) in [5.74, 6) is -0.628. The largest absolute Gasteiger partial charge is 0.494 e. The number of anilines is 1. The standard InChI is InChI=1S/C22H21FN2O4S2/c1-3-12-31(27,28)17-8-4-15(5-9-17)6-11-21(26)25-22-24-19(14-30-22)16-7-10-20(29-2)18(23)13-16/h4-11,13-14H,3,12H2,1-2H3,(H,24,25,26)/b11-6+. The minimum Gasteiger partial charge on any atom is -0.494 e. The molecular formula is C22H21FN2O4S2. The molecule has 3 aromatic rings. The Morgan fingerprint density at radius 1 is 1.23 bits per heavy atom. The van der Waals surface area contributed by atoms with Crippen LogP contribution in [0.5, 0.6) is 5.75 Å². The summed E-state index contributed by atoms with van der Waals surface area (Å²) in [5.41, 5.74) is 1.80. The second-order valence-corrected chi connectivity index (χ2v) is 9.56. The zero-order chi connectivity index (χ0) is 22.4. The van der Waals surface area contributed by atoms with Crippen LogP contribution in [-0.4, -0.2) is 32.2 Å². The molecule has 1 heterocycles. The van der Waals surface area contributed by atoms with Crippen LogP contribution < -0.4 is 10.1 Å². The van der Waals surface area contributed by atoms with Crippen LogP contribution in [0, 0.1) is 5.82 Å². The van der Waals surface area contributed by atoms with E-state index in [1.54, 1.807) is 29.7 Å². The number of benzene rings is 2. The number of nitrogens with one attached hydrogen (secondary N) is 1. The molecule has 0 atom stereocenters. The third-order valence-electron chi connectivity index (χ3n) is 4.32. The molecule has 0 fully saturated rings. The molecular weight excluding hydrogens is 439 g/mol. The maximum absolute atomic E-state index is 13.9. The predicted octanol–water partition coefficient (Wildman–Crippen LogP) is 4.79. The first-order valence-corrected chi connectivity index (χ1v) is 12.0. The van der Waals surface area contributed by atoms with Gasteiger partial charge in [0.1, 0.15) is 0 Å². The highest BCUT2D eigenvalue weighted by atomic mass is 32.2. The Morgan fingerprint density at radius 3 is 2.61 bits per heavy atom. The number of aromatic nitrogens is 1. The molecule has 0 aliphatic heterocycles. The number of nitrogens with zero attached hydrogens (tertiary/aromatic N) is 1. The summed E-state index contributed by atoms with van der Waals surface area (Å²) < 4.78 is 42.9. The highest BCUT2D eigenvalue weighted by molar-refractivity contribution is 7.91. The number of sulfone groups is 1. The number of amides is 1. The molecule has 162 valence electrons. The fraction of sp³-hybridized carbons (Fsp3) is 0.182. The average Bonchev–Trinajstić information content (AvgIpc) is 3.21. The number of methoxy groups -OCH3 is 1. The lowest BCUT2D eigenvalue weighted by Crippen LogP contribution is -2.07. The SMILES string of the molecule is CCCS(=O)(=O)c1ccc(/C=C/C(=O)Nc2nc(-c3ccc(OC)c(F)c3)cs2)cc1. The summed E-state index contributed by atoms with van der Waals surface area (Å²) in [7, 11) is -1.87. The van der Waals surface area contributed by atoms with E-state index in [0.717, 1.165) is 0 Å². The van der Waals surface area contributed by atoms with Crippen molar-refractivity contribution in [2.45, 2.75) is 18.2 Å². The van der Waals surface area contributed by atoms with Crippen LogP contribution in [-0.2, 0) is 14.6 Å². The van der Waals surface area contributed by atoms with Gasteiger partial charge < -0.3 is 4.74 Å². The zero-order valence-corrected chi connectivity index (χ0v) is 18.6. The summed E-state index contributed by atoms with van der Waals surface area (Å²) in [6, 6.07) is 10.9. The molecule has 3 rings (SSSR count). The Hall–Kier alpha value is -3.04. The van der Waals surface area contributed by atoms with E-state index < -0.39 is 15.7 Å². The highest BCUT2D eigenvalue weighted by Gasteiger charge is 2.12. The lowest BCUT2D eigenvalue weighted by atomic mass is 10.1. The van der Waals surface area contributed by atoms with Gasteiger partial charge >= 0.3 is 0 Å². The van der Waals surface area contributed by atoms with Gasteiger partial charge in [0.2, 0.25) is 5.91 Å². The maximum Gasteiger partial charge on any atom is 0.250 e. The Balaban J connectivity index is 1.64. The third-order valence-corrected chi connectivity index (χ3v) is 7.01. The number of thiazole rings is 1. The first-order valence-electron chi connectivity index (χ1n) is 9.43. The minimum atomic E-state index is -3.27. The zero-order valence-electron chi connectivity index (χ0n) is 17.0. The predicted molar refractivity (Wildman–Crippen MR) is 121 cm³/mol. The Bertz CT molecular complexity index is 1200. The van der Waals surface area contributed by atoms with Crippen LogP contribution in [0.3, 0.4) is 0 Å². The first kappa shape index (κ1) is 22.6. The van der Waals surface area contributed by atoms with Gasteiger partial charge in [-0.1, -0.05) is 19.1 Å². The van der Waals surface area contributed by atoms with E-state index in [4.69, 9.17) is 4.74 Å². The second-order valence-electron chi connectivity index (χ2n) is 6.60. The van der Waals surface area contributed by atoms with E-state index >= 15 is 0 Å². The van der Waals surface area contributed by atoms with E-state index in [9.17, 15) is 17.6 Å². The lowest BCUT2D eigenvalue weighted by Gasteiger charge is -2.03. The van der Waals surface area contributed by atoms with Gasteiger partial charge in [0.15, 0.2) is 26.5 Å². The molecule has 0 radical (unpaired) electrons. The van der Waals surface area contributed by atoms with E-state index in [1.165, 1.54) is 48.8 Å². The van der Waals surface area contributed by atoms with E-state index in [0.29, 0.717) is 28.4 Å². The van der Waals surface area contributed by atoms with E-state index in [-0.39, 0.29) is 22.3 Å². The van der Waals surface area contributed by atoms with Crippen molar-refractivity contribution in [3.05, 3.63) is 65.3 Å². The fourth-order valence-electron chi connectivity index (χ4n) is 2.78. The Labute approximate surface area is 184 Å². The van der Waals surface area contributed by atoms with Crippen LogP contribution in [0.2, 0.25) is 0 Å². The van der Waals surface area contributed by atoms with Gasteiger partial charge in [0.25, 0.3) is 0 Å². The third kappa shape index (κ3) is 5.77.